The van der Waals surface area contributed by atoms with E-state index in [4.69, 9.17) is 10.5 Å². The predicted molar refractivity (Wildman–Crippen MR) is 77.7 cm³/mol. The standard InChI is InChI=1S/C15H25N3O2/c1-20-11-10-18-13(19)17-12(16)15(18)8-6-14(7-9-15)4-2-3-5-14/h2-11H2,1H3,(H2,16,17,19). The topological polar surface area (TPSA) is 67.9 Å². The molecule has 0 radical (unpaired) electrons. The van der Waals surface area contributed by atoms with E-state index in [9.17, 15) is 4.79 Å². The van der Waals surface area contributed by atoms with Gasteiger partial charge in [0.1, 0.15) is 11.4 Å². The number of nitrogens with two attached hydrogens (primary N) is 1. The van der Waals surface area contributed by atoms with E-state index in [1.807, 2.05) is 4.90 Å². The molecule has 3 aliphatic rings. The Labute approximate surface area is 120 Å². The van der Waals surface area contributed by atoms with Crippen LogP contribution >= 0.6 is 0 Å². The molecule has 2 N–H and O–H groups in total. The molecule has 2 amide bonds. The Hall–Kier alpha value is -1.10. The number of hydrogen-bond donors (Lipinski definition) is 1. The van der Waals surface area contributed by atoms with Crippen LogP contribution in [0, 0.1) is 5.41 Å². The van der Waals surface area contributed by atoms with Crippen molar-refractivity contribution in [2.75, 3.05) is 20.3 Å². The molecular formula is C15H25N3O2. The largest absolute Gasteiger partial charge is 0.385 e. The highest BCUT2D eigenvalue weighted by Crippen LogP contribution is 2.53. The maximum absolute atomic E-state index is 12.1. The molecule has 0 aromatic carbocycles. The molecule has 2 aliphatic carbocycles. The first kappa shape index (κ1) is 13.9. The summed E-state index contributed by atoms with van der Waals surface area (Å²) in [5.41, 5.74) is 6.35. The zero-order valence-corrected chi connectivity index (χ0v) is 12.4. The lowest BCUT2D eigenvalue weighted by atomic mass is 9.65. The molecule has 0 aromatic rings. The number of urea groups is 1. The minimum Gasteiger partial charge on any atom is -0.385 e. The van der Waals surface area contributed by atoms with Gasteiger partial charge in [-0.05, 0) is 43.9 Å². The van der Waals surface area contributed by atoms with Gasteiger partial charge in [-0.25, -0.2) is 4.79 Å². The third-order valence-electron chi connectivity index (χ3n) is 5.76. The number of amides is 2. The van der Waals surface area contributed by atoms with Gasteiger partial charge in [-0.2, -0.15) is 4.99 Å². The van der Waals surface area contributed by atoms with Crippen LogP contribution in [0.15, 0.2) is 4.99 Å². The van der Waals surface area contributed by atoms with Crippen LogP contribution in [0.4, 0.5) is 4.79 Å². The molecular weight excluding hydrogens is 254 g/mol. The molecule has 1 aliphatic heterocycles. The summed E-state index contributed by atoms with van der Waals surface area (Å²) in [5, 5.41) is 0. The molecule has 0 unspecified atom stereocenters. The molecule has 5 nitrogen and oxygen atoms in total. The summed E-state index contributed by atoms with van der Waals surface area (Å²) in [6, 6.07) is -0.179. The van der Waals surface area contributed by atoms with Crippen LogP contribution in [0.3, 0.4) is 0 Å². The third kappa shape index (κ3) is 2.03. The van der Waals surface area contributed by atoms with Crippen molar-refractivity contribution in [1.29, 1.82) is 0 Å². The van der Waals surface area contributed by atoms with Crippen molar-refractivity contribution in [2.24, 2.45) is 16.1 Å². The highest BCUT2D eigenvalue weighted by molar-refractivity contribution is 6.05. The van der Waals surface area contributed by atoms with Crippen LogP contribution in [0.5, 0.6) is 0 Å². The van der Waals surface area contributed by atoms with E-state index in [2.05, 4.69) is 4.99 Å². The monoisotopic (exact) mass is 279 g/mol. The van der Waals surface area contributed by atoms with Crippen LogP contribution in [-0.4, -0.2) is 42.6 Å². The van der Waals surface area contributed by atoms with Gasteiger partial charge in [-0.3, -0.25) is 0 Å². The number of aliphatic imine (C=N–C) groups is 1. The maximum Gasteiger partial charge on any atom is 0.346 e. The summed E-state index contributed by atoms with van der Waals surface area (Å²) >= 11 is 0. The van der Waals surface area contributed by atoms with Crippen molar-refractivity contribution in [3.63, 3.8) is 0 Å². The minimum atomic E-state index is -0.316. The number of nitrogens with zero attached hydrogens (tertiary/aromatic N) is 2. The Balaban J connectivity index is 1.76. The zero-order chi connectivity index (χ0) is 14.2. The highest BCUT2D eigenvalue weighted by atomic mass is 16.5. The van der Waals surface area contributed by atoms with Crippen molar-refractivity contribution >= 4 is 11.9 Å². The highest BCUT2D eigenvalue weighted by Gasteiger charge is 2.53. The molecule has 3 rings (SSSR count). The number of carbonyl (C=O) groups is 1. The second kappa shape index (κ2) is 5.02. The van der Waals surface area contributed by atoms with Gasteiger partial charge in [0.2, 0.25) is 0 Å². The first-order chi connectivity index (χ1) is 9.62. The van der Waals surface area contributed by atoms with E-state index >= 15 is 0 Å². The number of rotatable bonds is 3. The quantitative estimate of drug-likeness (QED) is 0.862. The molecule has 1 heterocycles. The Morgan fingerprint density at radius 1 is 1.20 bits per heavy atom. The van der Waals surface area contributed by atoms with Crippen LogP contribution in [0.1, 0.15) is 51.4 Å². The fraction of sp³-hybridized carbons (Fsp3) is 0.867. The minimum absolute atomic E-state index is 0.179. The molecule has 2 saturated carbocycles. The average Bonchev–Trinajstić information content (AvgIpc) is 2.97. The summed E-state index contributed by atoms with van der Waals surface area (Å²) < 4.78 is 5.13. The third-order valence-corrected chi connectivity index (χ3v) is 5.76. The summed E-state index contributed by atoms with van der Waals surface area (Å²) in [6.45, 7) is 1.13. The van der Waals surface area contributed by atoms with E-state index in [1.165, 1.54) is 38.5 Å². The molecule has 5 heteroatoms. The van der Waals surface area contributed by atoms with Crippen molar-refractivity contribution in [3.05, 3.63) is 0 Å². The van der Waals surface area contributed by atoms with E-state index in [0.717, 1.165) is 12.8 Å². The first-order valence-electron chi connectivity index (χ1n) is 7.77. The van der Waals surface area contributed by atoms with Crippen molar-refractivity contribution in [3.8, 4) is 0 Å². The number of amidine groups is 1. The fourth-order valence-corrected chi connectivity index (χ4v) is 4.43. The normalized spacial score (nSPS) is 27.6. The van der Waals surface area contributed by atoms with Gasteiger partial charge < -0.3 is 15.4 Å². The van der Waals surface area contributed by atoms with E-state index in [1.54, 1.807) is 7.11 Å². The summed E-state index contributed by atoms with van der Waals surface area (Å²) in [4.78, 5) is 18.0. The number of hydrogen-bond acceptors (Lipinski definition) is 3. The van der Waals surface area contributed by atoms with Gasteiger partial charge in [0, 0.05) is 13.7 Å². The second-order valence-electron chi connectivity index (χ2n) is 6.66. The lowest BCUT2D eigenvalue weighted by molar-refractivity contribution is 0.0666. The van der Waals surface area contributed by atoms with E-state index in [-0.39, 0.29) is 11.6 Å². The van der Waals surface area contributed by atoms with Crippen molar-refractivity contribution in [1.82, 2.24) is 4.90 Å². The van der Waals surface area contributed by atoms with Gasteiger partial charge in [0.25, 0.3) is 0 Å². The molecule has 0 atom stereocenters. The Bertz CT molecular complexity index is 417. The van der Waals surface area contributed by atoms with Gasteiger partial charge in [-0.15, -0.1) is 0 Å². The predicted octanol–water partition coefficient (Wildman–Crippen LogP) is 2.30. The smallest absolute Gasteiger partial charge is 0.346 e. The summed E-state index contributed by atoms with van der Waals surface area (Å²) in [7, 11) is 1.66. The number of carbonyl (C=O) groups excluding carboxylic acids is 1. The molecule has 0 bridgehead atoms. The van der Waals surface area contributed by atoms with Crippen LogP contribution in [0.25, 0.3) is 0 Å². The van der Waals surface area contributed by atoms with Crippen LogP contribution < -0.4 is 5.73 Å². The lowest BCUT2D eigenvalue weighted by Crippen LogP contribution is -2.57. The van der Waals surface area contributed by atoms with E-state index < -0.39 is 0 Å². The summed E-state index contributed by atoms with van der Waals surface area (Å²) in [5.74, 6) is 0.534. The molecule has 0 saturated heterocycles. The molecule has 0 aromatic heterocycles. The Morgan fingerprint density at radius 2 is 1.85 bits per heavy atom. The Morgan fingerprint density at radius 3 is 2.45 bits per heavy atom. The molecule has 2 fully saturated rings. The van der Waals surface area contributed by atoms with Crippen molar-refractivity contribution < 1.29 is 9.53 Å². The van der Waals surface area contributed by atoms with Gasteiger partial charge >= 0.3 is 6.03 Å². The second-order valence-corrected chi connectivity index (χ2v) is 6.66. The van der Waals surface area contributed by atoms with Gasteiger partial charge in [0.05, 0.1) is 6.61 Å². The van der Waals surface area contributed by atoms with Crippen LogP contribution in [-0.2, 0) is 4.74 Å². The molecule has 112 valence electrons. The lowest BCUT2D eigenvalue weighted by Gasteiger charge is -2.47. The average molecular weight is 279 g/mol. The number of ether oxygens (including phenoxy) is 1. The van der Waals surface area contributed by atoms with E-state index in [0.29, 0.717) is 24.4 Å². The van der Waals surface area contributed by atoms with Gasteiger partial charge in [-0.1, -0.05) is 12.8 Å². The Kier molecular flexibility index (Phi) is 3.48. The maximum atomic E-state index is 12.1. The zero-order valence-electron chi connectivity index (χ0n) is 12.4. The molecule has 20 heavy (non-hydrogen) atoms. The SMILES string of the molecule is COCCN1C(=O)N=C(N)C12CCC1(CCCC1)CC2. The number of methoxy groups -OCH3 is 1. The fourth-order valence-electron chi connectivity index (χ4n) is 4.43. The summed E-state index contributed by atoms with van der Waals surface area (Å²) in [6.07, 6.45) is 9.74. The molecule has 2 spiro atoms. The van der Waals surface area contributed by atoms with Crippen LogP contribution in [0.2, 0.25) is 0 Å². The van der Waals surface area contributed by atoms with Crippen molar-refractivity contribution in [2.45, 2.75) is 56.9 Å². The van der Waals surface area contributed by atoms with Gasteiger partial charge in [0.15, 0.2) is 0 Å². The first-order valence-corrected chi connectivity index (χ1v) is 7.77.